The highest BCUT2D eigenvalue weighted by Crippen LogP contribution is 2.38. The molecule has 4 rings (SSSR count). The average molecular weight is 407 g/mol. The van der Waals surface area contributed by atoms with Gasteiger partial charge in [-0.25, -0.2) is 0 Å². The van der Waals surface area contributed by atoms with Crippen LogP contribution in [0.15, 0.2) is 0 Å². The molecule has 28 heavy (non-hydrogen) atoms. The van der Waals surface area contributed by atoms with Gasteiger partial charge in [0.2, 0.25) is 0 Å². The Hall–Kier alpha value is -1.88. The Bertz CT molecular complexity index is 958. The summed E-state index contributed by atoms with van der Waals surface area (Å²) in [7, 11) is 0. The molecule has 0 saturated heterocycles. The van der Waals surface area contributed by atoms with Crippen molar-refractivity contribution < 1.29 is 15.1 Å². The van der Waals surface area contributed by atoms with Crippen molar-refractivity contribution in [3.8, 4) is 0 Å². The Labute approximate surface area is 167 Å². The minimum Gasteiger partial charge on any atom is -0.392 e. The van der Waals surface area contributed by atoms with E-state index in [9.17, 15) is 10.2 Å². The maximum atomic E-state index is 10.0. The zero-order chi connectivity index (χ0) is 19.8. The van der Waals surface area contributed by atoms with Crippen LogP contribution in [0.1, 0.15) is 37.6 Å². The molecule has 3 aromatic rings. The summed E-state index contributed by atoms with van der Waals surface area (Å²) in [5, 5.41) is 33.1. The summed E-state index contributed by atoms with van der Waals surface area (Å²) in [6, 6.07) is 0. The van der Waals surface area contributed by atoms with Gasteiger partial charge < -0.3 is 20.0 Å². The van der Waals surface area contributed by atoms with Gasteiger partial charge in [-0.2, -0.15) is 9.50 Å². The van der Waals surface area contributed by atoms with Crippen molar-refractivity contribution >= 4 is 33.1 Å². The standard InChI is InChI=1S/C18H27N7O2S/c1-4-6-23-7-5-13-14(10-23)28-17-15(13)16(19-18-20-21-22-25(17)18)24(8-11(2)26)9-12(3)27/h11-12,26-27H,4-10H2,1-3H3/p+1/t11-,12+. The Morgan fingerprint density at radius 3 is 2.68 bits per heavy atom. The number of rotatable bonds is 7. The first-order valence-electron chi connectivity index (χ1n) is 9.94. The van der Waals surface area contributed by atoms with Crippen LogP contribution in [0.3, 0.4) is 0 Å². The van der Waals surface area contributed by atoms with Gasteiger partial charge in [-0.1, -0.05) is 12.0 Å². The lowest BCUT2D eigenvalue weighted by Crippen LogP contribution is -3.11. The number of aliphatic hydroxyl groups is 2. The molecule has 0 saturated carbocycles. The lowest BCUT2D eigenvalue weighted by atomic mass is 10.0. The first-order chi connectivity index (χ1) is 13.5. The van der Waals surface area contributed by atoms with Gasteiger partial charge in [0, 0.05) is 19.5 Å². The fourth-order valence-electron chi connectivity index (χ4n) is 4.12. The monoisotopic (exact) mass is 406 g/mol. The highest BCUT2D eigenvalue weighted by molar-refractivity contribution is 7.19. The number of aromatic nitrogens is 5. The smallest absolute Gasteiger partial charge is 0.276 e. The van der Waals surface area contributed by atoms with Crippen LogP contribution >= 0.6 is 11.3 Å². The highest BCUT2D eigenvalue weighted by Gasteiger charge is 2.29. The molecule has 0 radical (unpaired) electrons. The Kier molecular flexibility index (Phi) is 5.46. The third-order valence-electron chi connectivity index (χ3n) is 5.16. The summed E-state index contributed by atoms with van der Waals surface area (Å²) in [6.45, 7) is 9.80. The number of nitrogens with zero attached hydrogens (tertiary/aromatic N) is 6. The van der Waals surface area contributed by atoms with E-state index in [-0.39, 0.29) is 0 Å². The molecule has 9 nitrogen and oxygen atoms in total. The quantitative estimate of drug-likeness (QED) is 0.493. The normalized spacial score (nSPS) is 19.1. The molecular formula is C18H28N7O2S+. The van der Waals surface area contributed by atoms with Gasteiger partial charge in [0.05, 0.1) is 35.6 Å². The minimum absolute atomic E-state index is 0.391. The van der Waals surface area contributed by atoms with Crippen LogP contribution in [0, 0.1) is 0 Å². The van der Waals surface area contributed by atoms with E-state index in [1.807, 2.05) is 4.90 Å². The van der Waals surface area contributed by atoms with Gasteiger partial charge in [0.25, 0.3) is 5.78 Å². The van der Waals surface area contributed by atoms with Crippen LogP contribution in [-0.2, 0) is 13.0 Å². The van der Waals surface area contributed by atoms with Crippen molar-refractivity contribution in [2.75, 3.05) is 31.1 Å². The summed E-state index contributed by atoms with van der Waals surface area (Å²) in [6.07, 6.45) is 1.09. The van der Waals surface area contributed by atoms with Gasteiger partial charge >= 0.3 is 0 Å². The van der Waals surface area contributed by atoms with Crippen LogP contribution in [0.4, 0.5) is 5.82 Å². The minimum atomic E-state index is -0.540. The molecule has 1 unspecified atom stereocenters. The largest absolute Gasteiger partial charge is 0.392 e. The van der Waals surface area contributed by atoms with Crippen molar-refractivity contribution in [1.29, 1.82) is 0 Å². The molecule has 0 fully saturated rings. The van der Waals surface area contributed by atoms with Crippen LogP contribution in [0.5, 0.6) is 0 Å². The first-order valence-corrected chi connectivity index (χ1v) is 10.8. The second-order valence-corrected chi connectivity index (χ2v) is 8.87. The topological polar surface area (TPSA) is 104 Å². The molecule has 152 valence electrons. The number of hydrogen-bond acceptors (Lipinski definition) is 8. The number of anilines is 1. The molecule has 3 N–H and O–H groups in total. The highest BCUT2D eigenvalue weighted by atomic mass is 32.1. The van der Waals surface area contributed by atoms with Crippen molar-refractivity contribution in [2.45, 2.75) is 52.4 Å². The van der Waals surface area contributed by atoms with Gasteiger partial charge in [-0.3, -0.25) is 0 Å². The summed E-state index contributed by atoms with van der Waals surface area (Å²) in [5.74, 6) is 1.20. The SMILES string of the molecule is CCC[NH+]1CCc2c(sc3c2c(N(C[C@H](C)O)C[C@@H](C)O)nc2nnnn23)C1. The van der Waals surface area contributed by atoms with E-state index in [1.54, 1.807) is 34.6 Å². The van der Waals surface area contributed by atoms with Crippen molar-refractivity contribution in [3.63, 3.8) is 0 Å². The second-order valence-electron chi connectivity index (χ2n) is 7.79. The Morgan fingerprint density at radius 2 is 2.00 bits per heavy atom. The van der Waals surface area contributed by atoms with Crippen molar-refractivity contribution in [1.82, 2.24) is 25.0 Å². The van der Waals surface area contributed by atoms with Crippen LogP contribution in [0.2, 0.25) is 0 Å². The van der Waals surface area contributed by atoms with Crippen LogP contribution in [-0.4, -0.2) is 73.6 Å². The lowest BCUT2D eigenvalue weighted by Gasteiger charge is -2.28. The zero-order valence-electron chi connectivity index (χ0n) is 16.6. The third-order valence-corrected chi connectivity index (χ3v) is 6.37. The molecule has 3 aromatic heterocycles. The Morgan fingerprint density at radius 1 is 1.25 bits per heavy atom. The van der Waals surface area contributed by atoms with E-state index in [0.29, 0.717) is 18.9 Å². The van der Waals surface area contributed by atoms with E-state index in [0.717, 1.165) is 35.5 Å². The van der Waals surface area contributed by atoms with Gasteiger partial charge in [-0.15, -0.1) is 11.3 Å². The van der Waals surface area contributed by atoms with E-state index in [1.165, 1.54) is 23.4 Å². The summed E-state index contributed by atoms with van der Waals surface area (Å²) in [4.78, 5) is 10.7. The summed E-state index contributed by atoms with van der Waals surface area (Å²) in [5.41, 5.74) is 1.32. The molecule has 0 spiro atoms. The summed E-state index contributed by atoms with van der Waals surface area (Å²) < 4.78 is 1.71. The molecule has 0 bridgehead atoms. The maximum absolute atomic E-state index is 10.0. The predicted molar refractivity (Wildman–Crippen MR) is 108 cm³/mol. The number of tetrazole rings is 1. The number of hydrogen-bond donors (Lipinski definition) is 3. The number of aliphatic hydroxyl groups excluding tert-OH is 2. The average Bonchev–Trinajstić information content (AvgIpc) is 3.23. The van der Waals surface area contributed by atoms with Crippen LogP contribution in [0.25, 0.3) is 16.0 Å². The number of thiophene rings is 1. The molecule has 0 aromatic carbocycles. The number of quaternary nitrogens is 1. The number of nitrogens with one attached hydrogen (secondary N) is 1. The third kappa shape index (κ3) is 3.57. The van der Waals surface area contributed by atoms with E-state index < -0.39 is 12.2 Å². The molecule has 4 heterocycles. The molecule has 1 aliphatic rings. The van der Waals surface area contributed by atoms with E-state index in [2.05, 4.69) is 22.4 Å². The second kappa shape index (κ2) is 7.86. The predicted octanol–water partition coefficient (Wildman–Crippen LogP) is -0.347. The fourth-order valence-corrected chi connectivity index (χ4v) is 5.48. The molecule has 3 atom stereocenters. The fraction of sp³-hybridized carbons (Fsp3) is 0.667. The molecule has 10 heteroatoms. The van der Waals surface area contributed by atoms with Crippen molar-refractivity contribution in [3.05, 3.63) is 10.4 Å². The van der Waals surface area contributed by atoms with Crippen molar-refractivity contribution in [2.24, 2.45) is 0 Å². The molecule has 1 aliphatic heterocycles. The molecular weight excluding hydrogens is 378 g/mol. The number of fused-ring (bicyclic) bond motifs is 5. The van der Waals surface area contributed by atoms with Crippen LogP contribution < -0.4 is 9.80 Å². The zero-order valence-corrected chi connectivity index (χ0v) is 17.4. The lowest BCUT2D eigenvalue weighted by molar-refractivity contribution is -0.915. The Balaban J connectivity index is 1.89. The van der Waals surface area contributed by atoms with Gasteiger partial charge in [0.15, 0.2) is 0 Å². The maximum Gasteiger partial charge on any atom is 0.276 e. The molecule has 0 aliphatic carbocycles. The summed E-state index contributed by atoms with van der Waals surface area (Å²) >= 11 is 1.74. The van der Waals surface area contributed by atoms with Gasteiger partial charge in [-0.05, 0) is 36.3 Å². The first kappa shape index (κ1) is 19.4. The van der Waals surface area contributed by atoms with E-state index >= 15 is 0 Å². The van der Waals surface area contributed by atoms with E-state index in [4.69, 9.17) is 4.98 Å². The van der Waals surface area contributed by atoms with Gasteiger partial charge in [0.1, 0.15) is 17.2 Å². The molecule has 0 amide bonds.